The minimum Gasteiger partial charge on any atom is -0.493 e. The predicted molar refractivity (Wildman–Crippen MR) is 87.4 cm³/mol. The van der Waals surface area contributed by atoms with Crippen molar-refractivity contribution in [1.82, 2.24) is 5.32 Å². The van der Waals surface area contributed by atoms with E-state index in [1.54, 1.807) is 26.4 Å². The Morgan fingerprint density at radius 1 is 1.05 bits per heavy atom. The van der Waals surface area contributed by atoms with Gasteiger partial charge in [0.15, 0.2) is 11.5 Å². The Bertz CT molecular complexity index is 613. The molecule has 0 bridgehead atoms. The summed E-state index contributed by atoms with van der Waals surface area (Å²) >= 11 is 0. The molecule has 1 atom stereocenters. The highest BCUT2D eigenvalue weighted by molar-refractivity contribution is 5.43. The predicted octanol–water partition coefficient (Wildman–Crippen LogP) is 2.84. The van der Waals surface area contributed by atoms with E-state index in [0.29, 0.717) is 18.0 Å². The molecule has 0 fully saturated rings. The van der Waals surface area contributed by atoms with Crippen molar-refractivity contribution >= 4 is 0 Å². The summed E-state index contributed by atoms with van der Waals surface area (Å²) in [6.07, 6.45) is -0.593. The molecule has 0 amide bonds. The highest BCUT2D eigenvalue weighted by Crippen LogP contribution is 2.29. The number of ether oxygens (including phenoxy) is 2. The summed E-state index contributed by atoms with van der Waals surface area (Å²) in [4.78, 5) is 0. The maximum atomic E-state index is 10.3. The van der Waals surface area contributed by atoms with E-state index in [9.17, 15) is 5.11 Å². The molecule has 0 aromatic heterocycles. The molecule has 2 rings (SSSR count). The standard InChI is InChI=1S/C18H23NO3/c1-13-5-4-6-14(9-13)11-19-12-16(20)15-7-8-17(21-2)18(10-15)22-3/h4-10,16,19-20H,11-12H2,1-3H3. The number of methoxy groups -OCH3 is 2. The van der Waals surface area contributed by atoms with Gasteiger partial charge in [-0.2, -0.15) is 0 Å². The van der Waals surface area contributed by atoms with Crippen molar-refractivity contribution in [3.8, 4) is 11.5 Å². The fourth-order valence-corrected chi connectivity index (χ4v) is 2.35. The highest BCUT2D eigenvalue weighted by Gasteiger charge is 2.11. The smallest absolute Gasteiger partial charge is 0.161 e. The maximum absolute atomic E-state index is 10.3. The van der Waals surface area contributed by atoms with Crippen molar-refractivity contribution < 1.29 is 14.6 Å². The van der Waals surface area contributed by atoms with Crippen LogP contribution in [0.5, 0.6) is 11.5 Å². The first-order valence-electron chi connectivity index (χ1n) is 7.30. The molecule has 118 valence electrons. The molecule has 0 aliphatic rings. The fraction of sp³-hybridized carbons (Fsp3) is 0.333. The van der Waals surface area contributed by atoms with E-state index in [1.807, 2.05) is 12.1 Å². The van der Waals surface area contributed by atoms with Crippen LogP contribution in [0, 0.1) is 6.92 Å². The summed E-state index contributed by atoms with van der Waals surface area (Å²) in [5, 5.41) is 13.5. The molecule has 2 aromatic rings. The number of hydrogen-bond acceptors (Lipinski definition) is 4. The zero-order chi connectivity index (χ0) is 15.9. The number of benzene rings is 2. The van der Waals surface area contributed by atoms with Crippen LogP contribution in [0.15, 0.2) is 42.5 Å². The van der Waals surface area contributed by atoms with Gasteiger partial charge in [-0.3, -0.25) is 0 Å². The Morgan fingerprint density at radius 3 is 2.50 bits per heavy atom. The number of rotatable bonds is 7. The average Bonchev–Trinajstić information content (AvgIpc) is 2.54. The van der Waals surface area contributed by atoms with Crippen molar-refractivity contribution in [3.63, 3.8) is 0 Å². The largest absolute Gasteiger partial charge is 0.493 e. The highest BCUT2D eigenvalue weighted by atomic mass is 16.5. The van der Waals surface area contributed by atoms with Crippen LogP contribution in [0.25, 0.3) is 0 Å². The topological polar surface area (TPSA) is 50.7 Å². The molecule has 0 aliphatic heterocycles. The Balaban J connectivity index is 1.93. The van der Waals surface area contributed by atoms with Crippen molar-refractivity contribution in [1.29, 1.82) is 0 Å². The van der Waals surface area contributed by atoms with E-state index < -0.39 is 6.10 Å². The minimum atomic E-state index is -0.593. The molecule has 0 aliphatic carbocycles. The molecular weight excluding hydrogens is 278 g/mol. The first kappa shape index (κ1) is 16.3. The molecule has 0 saturated carbocycles. The van der Waals surface area contributed by atoms with Crippen molar-refractivity contribution in [2.24, 2.45) is 0 Å². The molecule has 22 heavy (non-hydrogen) atoms. The molecule has 1 unspecified atom stereocenters. The number of nitrogens with one attached hydrogen (secondary N) is 1. The van der Waals surface area contributed by atoms with Crippen molar-refractivity contribution in [3.05, 3.63) is 59.2 Å². The molecule has 4 nitrogen and oxygen atoms in total. The molecule has 2 N–H and O–H groups in total. The summed E-state index contributed by atoms with van der Waals surface area (Å²) in [5.74, 6) is 1.28. The van der Waals surface area contributed by atoms with Crippen LogP contribution >= 0.6 is 0 Å². The number of hydrogen-bond donors (Lipinski definition) is 2. The quantitative estimate of drug-likeness (QED) is 0.825. The van der Waals surface area contributed by atoms with E-state index in [4.69, 9.17) is 9.47 Å². The van der Waals surface area contributed by atoms with Gasteiger partial charge >= 0.3 is 0 Å². The van der Waals surface area contributed by atoms with Gasteiger partial charge in [0, 0.05) is 13.1 Å². The summed E-state index contributed by atoms with van der Waals surface area (Å²) in [7, 11) is 3.18. The van der Waals surface area contributed by atoms with E-state index in [0.717, 1.165) is 12.1 Å². The Hall–Kier alpha value is -2.04. The second kappa shape index (κ2) is 7.82. The van der Waals surface area contributed by atoms with Crippen LogP contribution < -0.4 is 14.8 Å². The lowest BCUT2D eigenvalue weighted by Gasteiger charge is -2.15. The normalized spacial score (nSPS) is 12.0. The third-order valence-electron chi connectivity index (χ3n) is 3.54. The van der Waals surface area contributed by atoms with E-state index in [2.05, 4.69) is 30.4 Å². The lowest BCUT2D eigenvalue weighted by molar-refractivity contribution is 0.174. The lowest BCUT2D eigenvalue weighted by atomic mass is 10.1. The van der Waals surface area contributed by atoms with Gasteiger partial charge in [-0.1, -0.05) is 35.9 Å². The summed E-state index contributed by atoms with van der Waals surface area (Å²) < 4.78 is 10.5. The van der Waals surface area contributed by atoms with Gasteiger partial charge in [-0.15, -0.1) is 0 Å². The maximum Gasteiger partial charge on any atom is 0.161 e. The molecular formula is C18H23NO3. The van der Waals surface area contributed by atoms with Crippen LogP contribution in [0.4, 0.5) is 0 Å². The molecule has 4 heteroatoms. The Morgan fingerprint density at radius 2 is 1.82 bits per heavy atom. The second-order valence-corrected chi connectivity index (χ2v) is 5.25. The fourth-order valence-electron chi connectivity index (χ4n) is 2.35. The molecule has 2 aromatic carbocycles. The van der Waals surface area contributed by atoms with Crippen molar-refractivity contribution in [2.45, 2.75) is 19.6 Å². The van der Waals surface area contributed by atoms with E-state index >= 15 is 0 Å². The number of aliphatic hydroxyl groups is 1. The monoisotopic (exact) mass is 301 g/mol. The molecule has 0 radical (unpaired) electrons. The average molecular weight is 301 g/mol. The van der Waals surface area contributed by atoms with Gasteiger partial charge in [0.2, 0.25) is 0 Å². The summed E-state index contributed by atoms with van der Waals surface area (Å²) in [5.41, 5.74) is 3.24. The molecule has 0 heterocycles. The van der Waals surface area contributed by atoms with Crippen LogP contribution in [0.3, 0.4) is 0 Å². The van der Waals surface area contributed by atoms with Gasteiger partial charge in [0.05, 0.1) is 20.3 Å². The third-order valence-corrected chi connectivity index (χ3v) is 3.54. The van der Waals surface area contributed by atoms with Crippen LogP contribution in [0.2, 0.25) is 0 Å². The zero-order valence-electron chi connectivity index (χ0n) is 13.3. The van der Waals surface area contributed by atoms with Crippen LogP contribution in [-0.2, 0) is 6.54 Å². The third kappa shape index (κ3) is 4.23. The van der Waals surface area contributed by atoms with Crippen molar-refractivity contribution in [2.75, 3.05) is 20.8 Å². The summed E-state index contributed by atoms with van der Waals surface area (Å²) in [6.45, 7) is 3.28. The number of aliphatic hydroxyl groups excluding tert-OH is 1. The molecule has 0 saturated heterocycles. The van der Waals surface area contributed by atoms with Gasteiger partial charge in [0.25, 0.3) is 0 Å². The lowest BCUT2D eigenvalue weighted by Crippen LogP contribution is -2.21. The SMILES string of the molecule is COc1ccc(C(O)CNCc2cccc(C)c2)cc1OC. The number of aryl methyl sites for hydroxylation is 1. The van der Waals surface area contributed by atoms with Gasteiger partial charge in [-0.25, -0.2) is 0 Å². The second-order valence-electron chi connectivity index (χ2n) is 5.25. The van der Waals surface area contributed by atoms with Gasteiger partial charge in [0.1, 0.15) is 0 Å². The van der Waals surface area contributed by atoms with Crippen LogP contribution in [0.1, 0.15) is 22.8 Å². The van der Waals surface area contributed by atoms with E-state index in [1.165, 1.54) is 11.1 Å². The minimum absolute atomic E-state index is 0.476. The first-order valence-corrected chi connectivity index (χ1v) is 7.30. The van der Waals surface area contributed by atoms with Gasteiger partial charge < -0.3 is 19.9 Å². The molecule has 0 spiro atoms. The Labute approximate surface area is 131 Å². The van der Waals surface area contributed by atoms with E-state index in [-0.39, 0.29) is 0 Å². The van der Waals surface area contributed by atoms with Crippen LogP contribution in [-0.4, -0.2) is 25.9 Å². The zero-order valence-corrected chi connectivity index (χ0v) is 13.3. The summed E-state index contributed by atoms with van der Waals surface area (Å²) in [6, 6.07) is 13.8. The first-order chi connectivity index (χ1) is 10.6. The Kier molecular flexibility index (Phi) is 5.81. The van der Waals surface area contributed by atoms with Gasteiger partial charge in [-0.05, 0) is 30.2 Å².